The Hall–Kier alpha value is -1.99. The highest BCUT2D eigenvalue weighted by molar-refractivity contribution is 5.68. The highest BCUT2D eigenvalue weighted by Crippen LogP contribution is 2.39. The van der Waals surface area contributed by atoms with Crippen molar-refractivity contribution in [1.82, 2.24) is 9.88 Å². The topological polar surface area (TPSA) is 51.7 Å². The minimum Gasteiger partial charge on any atom is -0.481 e. The van der Waals surface area contributed by atoms with Crippen molar-refractivity contribution in [2.45, 2.75) is 51.3 Å². The lowest BCUT2D eigenvalue weighted by atomic mass is 9.88. The Morgan fingerprint density at radius 3 is 2.56 bits per heavy atom. The third-order valence-electron chi connectivity index (χ3n) is 3.94. The van der Waals surface area contributed by atoms with Crippen LogP contribution in [-0.4, -0.2) is 41.8 Å². The fourth-order valence-electron chi connectivity index (χ4n) is 2.85. The number of hydrogen-bond acceptors (Lipinski definition) is 4. The molecule has 0 aromatic carbocycles. The van der Waals surface area contributed by atoms with E-state index in [1.807, 2.05) is 0 Å². The number of carbonyl (C=O) groups is 1. The van der Waals surface area contributed by atoms with E-state index in [9.17, 15) is 18.0 Å². The van der Waals surface area contributed by atoms with Gasteiger partial charge in [-0.2, -0.15) is 13.2 Å². The Morgan fingerprint density at radius 2 is 2.00 bits per heavy atom. The molecule has 8 heteroatoms. The number of halogens is 3. The molecular weight excluding hydrogens is 337 g/mol. The highest BCUT2D eigenvalue weighted by Gasteiger charge is 2.38. The zero-order valence-corrected chi connectivity index (χ0v) is 14.8. The number of ether oxygens (including phenoxy) is 2. The number of alkyl halides is 3. The van der Waals surface area contributed by atoms with Crippen molar-refractivity contribution in [2.24, 2.45) is 0 Å². The normalized spacial score (nSPS) is 18.8. The summed E-state index contributed by atoms with van der Waals surface area (Å²) in [5.41, 5.74) is -1.33. The smallest absolute Gasteiger partial charge is 0.416 e. The summed E-state index contributed by atoms with van der Waals surface area (Å²) in [5, 5.41) is 0. The van der Waals surface area contributed by atoms with Crippen molar-refractivity contribution in [3.8, 4) is 5.88 Å². The molecule has 0 N–H and O–H groups in total. The molecule has 1 atom stereocenters. The standard InChI is InChI=1S/C17H23F3N2O3/c1-16(2,3)25-15(23)22-7-5-6-11(10-22)12-9-21-14(24-4)8-13(12)17(18,19)20/h8-9,11H,5-7,10H2,1-4H3. The maximum Gasteiger partial charge on any atom is 0.416 e. The number of carbonyl (C=O) groups excluding carboxylic acids is 1. The fraction of sp³-hybridized carbons (Fsp3) is 0.647. The molecule has 1 saturated heterocycles. The average molecular weight is 360 g/mol. The number of rotatable bonds is 2. The molecule has 2 heterocycles. The van der Waals surface area contributed by atoms with Gasteiger partial charge in [0.1, 0.15) is 5.60 Å². The van der Waals surface area contributed by atoms with E-state index >= 15 is 0 Å². The molecule has 0 spiro atoms. The van der Waals surface area contributed by atoms with Crippen molar-refractivity contribution < 1.29 is 27.4 Å². The molecule has 2 rings (SSSR count). The van der Waals surface area contributed by atoms with Crippen molar-refractivity contribution in [1.29, 1.82) is 0 Å². The minimum absolute atomic E-state index is 0.0848. The summed E-state index contributed by atoms with van der Waals surface area (Å²) in [6.45, 7) is 5.90. The third kappa shape index (κ3) is 4.99. The predicted molar refractivity (Wildman–Crippen MR) is 85.6 cm³/mol. The lowest BCUT2D eigenvalue weighted by Gasteiger charge is -2.35. The Kier molecular flexibility index (Phi) is 5.49. The lowest BCUT2D eigenvalue weighted by molar-refractivity contribution is -0.138. The Morgan fingerprint density at radius 1 is 1.32 bits per heavy atom. The monoisotopic (exact) mass is 360 g/mol. The third-order valence-corrected chi connectivity index (χ3v) is 3.94. The number of likely N-dealkylation sites (tertiary alicyclic amines) is 1. The summed E-state index contributed by atoms with van der Waals surface area (Å²) in [6, 6.07) is 0.905. The van der Waals surface area contributed by atoms with Gasteiger partial charge in [-0.15, -0.1) is 0 Å². The molecule has 1 aromatic rings. The summed E-state index contributed by atoms with van der Waals surface area (Å²) in [5.74, 6) is -0.535. The van der Waals surface area contributed by atoms with Gasteiger partial charge in [0.15, 0.2) is 0 Å². The number of methoxy groups -OCH3 is 1. The summed E-state index contributed by atoms with van der Waals surface area (Å²) >= 11 is 0. The maximum atomic E-state index is 13.4. The first-order chi connectivity index (χ1) is 11.5. The summed E-state index contributed by atoms with van der Waals surface area (Å²) in [6.07, 6.45) is -2.67. The van der Waals surface area contributed by atoms with Gasteiger partial charge in [-0.3, -0.25) is 0 Å². The van der Waals surface area contributed by atoms with E-state index < -0.39 is 29.4 Å². The molecule has 1 aliphatic rings. The Labute approximate surface area is 145 Å². The lowest BCUT2D eigenvalue weighted by Crippen LogP contribution is -2.42. The van der Waals surface area contributed by atoms with Gasteiger partial charge in [-0.1, -0.05) is 0 Å². The largest absolute Gasteiger partial charge is 0.481 e. The molecule has 0 saturated carbocycles. The molecule has 1 unspecified atom stereocenters. The quantitative estimate of drug-likeness (QED) is 0.792. The zero-order valence-electron chi connectivity index (χ0n) is 14.8. The van der Waals surface area contributed by atoms with Crippen LogP contribution >= 0.6 is 0 Å². The van der Waals surface area contributed by atoms with Crippen molar-refractivity contribution >= 4 is 6.09 Å². The van der Waals surface area contributed by atoms with E-state index in [4.69, 9.17) is 9.47 Å². The van der Waals surface area contributed by atoms with Gasteiger partial charge in [-0.05, 0) is 39.2 Å². The molecule has 1 amide bonds. The van der Waals surface area contributed by atoms with E-state index in [0.717, 1.165) is 6.07 Å². The summed E-state index contributed by atoms with van der Waals surface area (Å²) < 4.78 is 50.4. The van der Waals surface area contributed by atoms with Crippen molar-refractivity contribution in [3.63, 3.8) is 0 Å². The van der Waals surface area contributed by atoms with Gasteiger partial charge in [0.2, 0.25) is 5.88 Å². The Balaban J connectivity index is 2.25. The van der Waals surface area contributed by atoms with Crippen LogP contribution in [0.4, 0.5) is 18.0 Å². The molecule has 1 fully saturated rings. The van der Waals surface area contributed by atoms with Crippen LogP contribution in [0.15, 0.2) is 12.3 Å². The molecule has 0 aliphatic carbocycles. The van der Waals surface area contributed by atoms with Crippen molar-refractivity contribution in [2.75, 3.05) is 20.2 Å². The SMILES string of the molecule is COc1cc(C(F)(F)F)c(C2CCCN(C(=O)OC(C)(C)C)C2)cn1. The van der Waals surface area contributed by atoms with Crippen LogP contribution < -0.4 is 4.74 Å². The van der Waals surface area contributed by atoms with Crippen LogP contribution in [0.25, 0.3) is 0 Å². The highest BCUT2D eigenvalue weighted by atomic mass is 19.4. The number of nitrogens with zero attached hydrogens (tertiary/aromatic N) is 2. The molecule has 1 aliphatic heterocycles. The predicted octanol–water partition coefficient (Wildman–Crippen LogP) is 4.22. The van der Waals surface area contributed by atoms with Gasteiger partial charge in [0.05, 0.1) is 12.7 Å². The first-order valence-corrected chi connectivity index (χ1v) is 8.10. The number of hydrogen-bond donors (Lipinski definition) is 0. The second-order valence-electron chi connectivity index (χ2n) is 7.08. The number of amides is 1. The van der Waals surface area contributed by atoms with Crippen LogP contribution in [0.5, 0.6) is 5.88 Å². The minimum atomic E-state index is -4.51. The molecule has 5 nitrogen and oxygen atoms in total. The first-order valence-electron chi connectivity index (χ1n) is 8.10. The molecule has 0 radical (unpaired) electrons. The van der Waals surface area contributed by atoms with Crippen LogP contribution in [0.1, 0.15) is 50.7 Å². The van der Waals surface area contributed by atoms with Crippen LogP contribution in [0.2, 0.25) is 0 Å². The van der Waals surface area contributed by atoms with Gasteiger partial charge < -0.3 is 14.4 Å². The summed E-state index contributed by atoms with van der Waals surface area (Å²) in [4.78, 5) is 17.6. The van der Waals surface area contributed by atoms with E-state index in [2.05, 4.69) is 4.98 Å². The van der Waals surface area contributed by atoms with Gasteiger partial charge in [0.25, 0.3) is 0 Å². The molecule has 140 valence electrons. The fourth-order valence-corrected chi connectivity index (χ4v) is 2.85. The molecule has 1 aromatic heterocycles. The van der Waals surface area contributed by atoms with E-state index in [1.54, 1.807) is 20.8 Å². The van der Waals surface area contributed by atoms with E-state index in [1.165, 1.54) is 18.2 Å². The maximum absolute atomic E-state index is 13.4. The van der Waals surface area contributed by atoms with Gasteiger partial charge in [-0.25, -0.2) is 9.78 Å². The number of pyridine rings is 1. The molecule has 0 bridgehead atoms. The number of piperidine rings is 1. The first kappa shape index (κ1) is 19.3. The summed E-state index contributed by atoms with van der Waals surface area (Å²) in [7, 11) is 1.27. The van der Waals surface area contributed by atoms with E-state index in [0.29, 0.717) is 19.4 Å². The molecule has 25 heavy (non-hydrogen) atoms. The van der Waals surface area contributed by atoms with Gasteiger partial charge in [0, 0.05) is 31.3 Å². The molecular formula is C17H23F3N2O3. The second kappa shape index (κ2) is 7.09. The van der Waals surface area contributed by atoms with Crippen LogP contribution in [0.3, 0.4) is 0 Å². The average Bonchev–Trinajstić information content (AvgIpc) is 2.52. The van der Waals surface area contributed by atoms with Crippen LogP contribution in [0, 0.1) is 0 Å². The zero-order chi connectivity index (χ0) is 18.8. The van der Waals surface area contributed by atoms with Crippen molar-refractivity contribution in [3.05, 3.63) is 23.4 Å². The van der Waals surface area contributed by atoms with Crippen LogP contribution in [-0.2, 0) is 10.9 Å². The Bertz CT molecular complexity index is 627. The van der Waals surface area contributed by atoms with Gasteiger partial charge >= 0.3 is 12.3 Å². The second-order valence-corrected chi connectivity index (χ2v) is 7.08. The number of aromatic nitrogens is 1. The van der Waals surface area contributed by atoms with E-state index in [-0.39, 0.29) is 18.0 Å².